The Kier molecular flexibility index (Phi) is 8.22. The monoisotopic (exact) mass is 249 g/mol. The SMILES string of the molecule is CCCCC(C(C)CN)[Si](OC)(OC)OC. The fourth-order valence-electron chi connectivity index (χ4n) is 2.10. The lowest BCUT2D eigenvalue weighted by Crippen LogP contribution is -2.50. The van der Waals surface area contributed by atoms with Crippen molar-refractivity contribution in [3.8, 4) is 0 Å². The number of hydrogen-bond acceptors (Lipinski definition) is 4. The van der Waals surface area contributed by atoms with Gasteiger partial charge < -0.3 is 19.0 Å². The fraction of sp³-hybridized carbons (Fsp3) is 1.00. The lowest BCUT2D eigenvalue weighted by Gasteiger charge is -2.35. The molecular formula is C11H27NO3Si. The molecule has 0 aromatic heterocycles. The lowest BCUT2D eigenvalue weighted by atomic mass is 10.0. The first kappa shape index (κ1) is 16.1. The normalized spacial score (nSPS) is 16.1. The number of nitrogens with two attached hydrogens (primary N) is 1. The number of rotatable bonds is 9. The molecule has 0 aliphatic rings. The first-order chi connectivity index (χ1) is 7.61. The molecule has 0 saturated carbocycles. The molecular weight excluding hydrogens is 222 g/mol. The summed E-state index contributed by atoms with van der Waals surface area (Å²) in [7, 11) is 2.46. The van der Waals surface area contributed by atoms with Crippen molar-refractivity contribution in [2.75, 3.05) is 27.9 Å². The number of unbranched alkanes of at least 4 members (excludes halogenated alkanes) is 1. The zero-order valence-electron chi connectivity index (χ0n) is 11.3. The van der Waals surface area contributed by atoms with Crippen molar-refractivity contribution in [2.45, 2.75) is 38.7 Å². The predicted molar refractivity (Wildman–Crippen MR) is 68.3 cm³/mol. The van der Waals surface area contributed by atoms with Gasteiger partial charge in [0.1, 0.15) is 0 Å². The maximum Gasteiger partial charge on any atom is 0.503 e. The van der Waals surface area contributed by atoms with E-state index in [2.05, 4.69) is 13.8 Å². The molecule has 0 radical (unpaired) electrons. The van der Waals surface area contributed by atoms with E-state index < -0.39 is 8.80 Å². The van der Waals surface area contributed by atoms with Gasteiger partial charge in [-0.05, 0) is 18.9 Å². The summed E-state index contributed by atoms with van der Waals surface area (Å²) in [6.45, 7) is 4.96. The van der Waals surface area contributed by atoms with Crippen LogP contribution >= 0.6 is 0 Å². The Morgan fingerprint density at radius 2 is 1.62 bits per heavy atom. The minimum absolute atomic E-state index is 0.289. The van der Waals surface area contributed by atoms with Crippen molar-refractivity contribution in [3.63, 3.8) is 0 Å². The van der Waals surface area contributed by atoms with E-state index in [1.807, 2.05) is 0 Å². The van der Waals surface area contributed by atoms with Gasteiger partial charge in [0, 0.05) is 26.9 Å². The molecule has 0 saturated heterocycles. The zero-order chi connectivity index (χ0) is 12.6. The van der Waals surface area contributed by atoms with Gasteiger partial charge in [0.05, 0.1) is 0 Å². The molecule has 5 heteroatoms. The summed E-state index contributed by atoms with van der Waals surface area (Å²) in [5.74, 6) is 0.359. The average molecular weight is 249 g/mol. The third-order valence-corrected chi connectivity index (χ3v) is 6.71. The Balaban J connectivity index is 4.80. The highest BCUT2D eigenvalue weighted by Gasteiger charge is 2.48. The van der Waals surface area contributed by atoms with Crippen LogP contribution in [0.15, 0.2) is 0 Å². The molecule has 2 atom stereocenters. The van der Waals surface area contributed by atoms with Gasteiger partial charge in [0.15, 0.2) is 0 Å². The van der Waals surface area contributed by atoms with Gasteiger partial charge in [-0.25, -0.2) is 0 Å². The fourth-order valence-corrected chi connectivity index (χ4v) is 4.90. The molecule has 0 fully saturated rings. The Hall–Kier alpha value is 0.0569. The second-order valence-electron chi connectivity index (χ2n) is 4.18. The predicted octanol–water partition coefficient (Wildman–Crippen LogP) is 2.02. The van der Waals surface area contributed by atoms with E-state index in [1.54, 1.807) is 21.3 Å². The van der Waals surface area contributed by atoms with Crippen molar-refractivity contribution in [1.82, 2.24) is 0 Å². The van der Waals surface area contributed by atoms with Gasteiger partial charge in [-0.3, -0.25) is 0 Å². The minimum Gasteiger partial charge on any atom is -0.377 e. The highest BCUT2D eigenvalue weighted by Crippen LogP contribution is 2.35. The first-order valence-electron chi connectivity index (χ1n) is 5.97. The molecule has 0 bridgehead atoms. The molecule has 0 spiro atoms. The summed E-state index contributed by atoms with van der Waals surface area (Å²) >= 11 is 0. The second-order valence-corrected chi connectivity index (χ2v) is 7.35. The Morgan fingerprint density at radius 1 is 1.12 bits per heavy atom. The molecule has 16 heavy (non-hydrogen) atoms. The molecule has 0 aromatic rings. The molecule has 4 nitrogen and oxygen atoms in total. The van der Waals surface area contributed by atoms with E-state index in [-0.39, 0.29) is 5.54 Å². The summed E-state index contributed by atoms with van der Waals surface area (Å²) in [4.78, 5) is 0. The number of hydrogen-bond donors (Lipinski definition) is 1. The largest absolute Gasteiger partial charge is 0.503 e. The van der Waals surface area contributed by atoms with Crippen molar-refractivity contribution in [2.24, 2.45) is 11.7 Å². The van der Waals surface area contributed by atoms with Crippen LogP contribution in [-0.4, -0.2) is 36.7 Å². The van der Waals surface area contributed by atoms with Crippen LogP contribution in [0, 0.1) is 5.92 Å². The van der Waals surface area contributed by atoms with Gasteiger partial charge in [-0.1, -0.05) is 26.7 Å². The quantitative estimate of drug-likeness (QED) is 0.635. The summed E-state index contributed by atoms with van der Waals surface area (Å²) < 4.78 is 16.7. The smallest absolute Gasteiger partial charge is 0.377 e. The lowest BCUT2D eigenvalue weighted by molar-refractivity contribution is 0.101. The minimum atomic E-state index is -2.55. The zero-order valence-corrected chi connectivity index (χ0v) is 12.3. The highest BCUT2D eigenvalue weighted by atomic mass is 28.4. The van der Waals surface area contributed by atoms with Gasteiger partial charge in [0.2, 0.25) is 0 Å². The standard InChI is InChI=1S/C11H27NO3Si/c1-6-7-8-11(10(2)9-12)16(13-3,14-4)15-5/h10-11H,6-9,12H2,1-5H3. The molecule has 0 aliphatic carbocycles. The van der Waals surface area contributed by atoms with Crippen molar-refractivity contribution in [1.29, 1.82) is 0 Å². The van der Waals surface area contributed by atoms with Gasteiger partial charge in [-0.2, -0.15) is 0 Å². The molecule has 0 rings (SSSR count). The molecule has 0 amide bonds. The Labute approximate surface area is 101 Å². The van der Waals surface area contributed by atoms with E-state index in [1.165, 1.54) is 0 Å². The summed E-state index contributed by atoms with van der Waals surface area (Å²) in [6.07, 6.45) is 3.37. The Morgan fingerprint density at radius 3 is 1.94 bits per heavy atom. The van der Waals surface area contributed by atoms with Crippen LogP contribution in [0.25, 0.3) is 0 Å². The molecule has 2 N–H and O–H groups in total. The van der Waals surface area contributed by atoms with E-state index in [9.17, 15) is 0 Å². The highest BCUT2D eigenvalue weighted by molar-refractivity contribution is 6.62. The molecule has 0 aliphatic heterocycles. The van der Waals surface area contributed by atoms with Crippen LogP contribution in [0.1, 0.15) is 33.1 Å². The van der Waals surface area contributed by atoms with Gasteiger partial charge >= 0.3 is 8.80 Å². The van der Waals surface area contributed by atoms with Crippen LogP contribution in [-0.2, 0) is 13.3 Å². The summed E-state index contributed by atoms with van der Waals surface area (Å²) in [5.41, 5.74) is 6.05. The second kappa shape index (κ2) is 8.19. The van der Waals surface area contributed by atoms with Crippen LogP contribution in [0.2, 0.25) is 5.54 Å². The van der Waals surface area contributed by atoms with Crippen LogP contribution in [0.3, 0.4) is 0 Å². The van der Waals surface area contributed by atoms with Crippen molar-refractivity contribution < 1.29 is 13.3 Å². The Bertz CT molecular complexity index is 168. The van der Waals surface area contributed by atoms with Gasteiger partial charge in [0.25, 0.3) is 0 Å². The average Bonchev–Trinajstić information content (AvgIpc) is 2.34. The van der Waals surface area contributed by atoms with Crippen molar-refractivity contribution in [3.05, 3.63) is 0 Å². The maximum atomic E-state index is 5.76. The topological polar surface area (TPSA) is 53.7 Å². The van der Waals surface area contributed by atoms with Crippen LogP contribution in [0.5, 0.6) is 0 Å². The first-order valence-corrected chi connectivity index (χ1v) is 7.77. The van der Waals surface area contributed by atoms with E-state index in [0.717, 1.165) is 19.3 Å². The van der Waals surface area contributed by atoms with Crippen molar-refractivity contribution >= 4 is 8.80 Å². The third-order valence-electron chi connectivity index (χ3n) is 3.24. The summed E-state index contributed by atoms with van der Waals surface area (Å²) in [5, 5.41) is 0. The molecule has 98 valence electrons. The third kappa shape index (κ3) is 3.82. The molecule has 2 unspecified atom stereocenters. The van der Waals surface area contributed by atoms with E-state index >= 15 is 0 Å². The van der Waals surface area contributed by atoms with Crippen LogP contribution < -0.4 is 5.73 Å². The van der Waals surface area contributed by atoms with E-state index in [0.29, 0.717) is 12.5 Å². The van der Waals surface area contributed by atoms with Gasteiger partial charge in [-0.15, -0.1) is 0 Å². The molecule has 0 heterocycles. The van der Waals surface area contributed by atoms with Crippen LogP contribution in [0.4, 0.5) is 0 Å². The molecule has 0 aromatic carbocycles. The maximum absolute atomic E-state index is 5.76. The van der Waals surface area contributed by atoms with E-state index in [4.69, 9.17) is 19.0 Å². The summed E-state index contributed by atoms with van der Waals surface area (Å²) in [6, 6.07) is 0.